The first-order valence-electron chi connectivity index (χ1n) is 7.37. The molecule has 3 nitrogen and oxygen atoms in total. The molecule has 0 fully saturated rings. The lowest BCUT2D eigenvalue weighted by atomic mass is 9.89. The smallest absolute Gasteiger partial charge is 0.131 e. The Morgan fingerprint density at radius 2 is 2.04 bits per heavy atom. The molecule has 1 aliphatic heterocycles. The van der Waals surface area contributed by atoms with Crippen molar-refractivity contribution in [2.45, 2.75) is 19.4 Å². The van der Waals surface area contributed by atoms with E-state index in [-0.39, 0.29) is 5.82 Å². The number of hydrogen-bond acceptors (Lipinski definition) is 3. The van der Waals surface area contributed by atoms with Gasteiger partial charge >= 0.3 is 0 Å². The molecular weight excluding hydrogens is 315 g/mol. The number of nitrogens with zero attached hydrogens (tertiary/aromatic N) is 1. The van der Waals surface area contributed by atoms with Crippen LogP contribution in [0, 0.1) is 12.7 Å². The van der Waals surface area contributed by atoms with Crippen molar-refractivity contribution >= 4 is 17.4 Å². The van der Waals surface area contributed by atoms with Gasteiger partial charge in [-0.15, -0.1) is 0 Å². The zero-order valence-electron chi connectivity index (χ0n) is 13.1. The van der Waals surface area contributed by atoms with E-state index < -0.39 is 5.54 Å². The van der Waals surface area contributed by atoms with E-state index in [9.17, 15) is 4.39 Å². The van der Waals surface area contributed by atoms with E-state index >= 15 is 0 Å². The topological polar surface area (TPSA) is 47.6 Å². The number of aryl methyl sites for hydroxylation is 1. The summed E-state index contributed by atoms with van der Waals surface area (Å²) in [6.07, 6.45) is 0. The van der Waals surface area contributed by atoms with Gasteiger partial charge in [-0.05, 0) is 54.8 Å². The van der Waals surface area contributed by atoms with Gasteiger partial charge in [-0.3, -0.25) is 4.99 Å². The lowest BCUT2D eigenvalue weighted by Crippen LogP contribution is -2.37. The summed E-state index contributed by atoms with van der Waals surface area (Å²) >= 11 is 6.11. The fourth-order valence-corrected chi connectivity index (χ4v) is 3.15. The summed E-state index contributed by atoms with van der Waals surface area (Å²) in [5.41, 5.74) is 8.26. The molecule has 0 amide bonds. The van der Waals surface area contributed by atoms with E-state index in [1.165, 1.54) is 6.07 Å². The SMILES string of the molecule is Cc1cc(Cl)cc(-c2cc(C3(C)COCC(N)=N3)ccc2F)c1. The van der Waals surface area contributed by atoms with Crippen molar-refractivity contribution in [1.82, 2.24) is 0 Å². The van der Waals surface area contributed by atoms with E-state index in [1.54, 1.807) is 18.2 Å². The predicted molar refractivity (Wildman–Crippen MR) is 91.4 cm³/mol. The van der Waals surface area contributed by atoms with E-state index in [4.69, 9.17) is 22.1 Å². The van der Waals surface area contributed by atoms with Crippen molar-refractivity contribution in [2.24, 2.45) is 10.7 Å². The molecule has 0 aromatic heterocycles. The summed E-state index contributed by atoms with van der Waals surface area (Å²) in [6.45, 7) is 4.60. The maximum atomic E-state index is 14.4. The van der Waals surface area contributed by atoms with Crippen LogP contribution in [0.15, 0.2) is 41.4 Å². The molecule has 3 rings (SSSR count). The lowest BCUT2D eigenvalue weighted by Gasteiger charge is -2.30. The van der Waals surface area contributed by atoms with Crippen molar-refractivity contribution in [3.8, 4) is 11.1 Å². The Labute approximate surface area is 139 Å². The molecule has 0 spiro atoms. The molecule has 1 aliphatic rings. The molecule has 1 heterocycles. The molecule has 120 valence electrons. The Kier molecular flexibility index (Phi) is 4.13. The van der Waals surface area contributed by atoms with Crippen LogP contribution in [0.5, 0.6) is 0 Å². The predicted octanol–water partition coefficient (Wildman–Crippen LogP) is 4.06. The quantitative estimate of drug-likeness (QED) is 0.901. The second kappa shape index (κ2) is 5.95. The van der Waals surface area contributed by atoms with Gasteiger partial charge < -0.3 is 10.5 Å². The minimum atomic E-state index is -0.613. The first kappa shape index (κ1) is 16.0. The number of nitrogens with two attached hydrogens (primary N) is 1. The van der Waals surface area contributed by atoms with Crippen LogP contribution < -0.4 is 5.73 Å². The second-order valence-corrected chi connectivity index (χ2v) is 6.52. The molecule has 0 radical (unpaired) electrons. The summed E-state index contributed by atoms with van der Waals surface area (Å²) < 4.78 is 19.8. The molecule has 5 heteroatoms. The molecule has 0 bridgehead atoms. The van der Waals surface area contributed by atoms with E-state index in [1.807, 2.05) is 26.0 Å². The highest BCUT2D eigenvalue weighted by Gasteiger charge is 2.30. The Balaban J connectivity index is 2.11. The normalized spacial score (nSPS) is 21.1. The van der Waals surface area contributed by atoms with Gasteiger partial charge in [0.15, 0.2) is 0 Å². The largest absolute Gasteiger partial charge is 0.386 e. The first-order valence-corrected chi connectivity index (χ1v) is 7.75. The van der Waals surface area contributed by atoms with E-state index in [2.05, 4.69) is 4.99 Å². The zero-order valence-corrected chi connectivity index (χ0v) is 13.8. The Hall–Kier alpha value is -1.91. The van der Waals surface area contributed by atoms with Crippen molar-refractivity contribution in [1.29, 1.82) is 0 Å². The molecular formula is C18H18ClFN2O. The monoisotopic (exact) mass is 332 g/mol. The van der Waals surface area contributed by atoms with Gasteiger partial charge in [0.25, 0.3) is 0 Å². The molecule has 0 saturated heterocycles. The van der Waals surface area contributed by atoms with Crippen LogP contribution in [0.25, 0.3) is 11.1 Å². The number of hydrogen-bond donors (Lipinski definition) is 1. The van der Waals surface area contributed by atoms with Gasteiger partial charge in [0, 0.05) is 10.6 Å². The van der Waals surface area contributed by atoms with E-state index in [0.29, 0.717) is 29.6 Å². The molecule has 2 N–H and O–H groups in total. The van der Waals surface area contributed by atoms with Crippen LogP contribution in [-0.2, 0) is 10.3 Å². The molecule has 2 aromatic carbocycles. The Bertz CT molecular complexity index is 770. The van der Waals surface area contributed by atoms with Gasteiger partial charge in [-0.1, -0.05) is 23.7 Å². The van der Waals surface area contributed by atoms with Gasteiger partial charge in [0.1, 0.15) is 23.8 Å². The molecule has 0 aliphatic carbocycles. The van der Waals surface area contributed by atoms with Crippen molar-refractivity contribution < 1.29 is 9.13 Å². The average Bonchev–Trinajstić information content (AvgIpc) is 2.46. The number of rotatable bonds is 2. The fraction of sp³-hybridized carbons (Fsp3) is 0.278. The number of amidine groups is 1. The van der Waals surface area contributed by atoms with Crippen LogP contribution in [0.2, 0.25) is 5.02 Å². The Morgan fingerprint density at radius 3 is 2.74 bits per heavy atom. The number of halogens is 2. The zero-order chi connectivity index (χ0) is 16.6. The van der Waals surface area contributed by atoms with Gasteiger partial charge in [-0.25, -0.2) is 4.39 Å². The number of aliphatic imine (C=N–C) groups is 1. The average molecular weight is 333 g/mol. The highest BCUT2D eigenvalue weighted by atomic mass is 35.5. The molecule has 2 aromatic rings. The maximum Gasteiger partial charge on any atom is 0.131 e. The van der Waals surface area contributed by atoms with Crippen molar-refractivity contribution in [3.63, 3.8) is 0 Å². The van der Waals surface area contributed by atoms with Gasteiger partial charge in [-0.2, -0.15) is 0 Å². The second-order valence-electron chi connectivity index (χ2n) is 6.08. The van der Waals surface area contributed by atoms with Crippen molar-refractivity contribution in [3.05, 3.63) is 58.4 Å². The summed E-state index contributed by atoms with van der Waals surface area (Å²) in [4.78, 5) is 4.50. The summed E-state index contributed by atoms with van der Waals surface area (Å²) in [6, 6.07) is 10.5. The van der Waals surface area contributed by atoms with E-state index in [0.717, 1.165) is 16.7 Å². The Morgan fingerprint density at radius 1 is 1.26 bits per heavy atom. The minimum absolute atomic E-state index is 0.298. The third-order valence-corrected chi connectivity index (χ3v) is 4.18. The van der Waals surface area contributed by atoms with Crippen LogP contribution in [0.4, 0.5) is 4.39 Å². The number of benzene rings is 2. The lowest BCUT2D eigenvalue weighted by molar-refractivity contribution is 0.106. The van der Waals surface area contributed by atoms with Crippen LogP contribution in [0.3, 0.4) is 0 Å². The third-order valence-electron chi connectivity index (χ3n) is 3.96. The van der Waals surface area contributed by atoms with Gasteiger partial charge in [0.05, 0.1) is 6.61 Å². The molecule has 1 atom stereocenters. The summed E-state index contributed by atoms with van der Waals surface area (Å²) in [5.74, 6) is 0.149. The molecule has 0 saturated carbocycles. The summed E-state index contributed by atoms with van der Waals surface area (Å²) in [5, 5.41) is 0.583. The third kappa shape index (κ3) is 3.23. The minimum Gasteiger partial charge on any atom is -0.386 e. The summed E-state index contributed by atoms with van der Waals surface area (Å²) in [7, 11) is 0. The standard InChI is InChI=1S/C18H18ClFN2O/c1-11-5-12(7-14(19)6-11)15-8-13(3-4-16(15)20)18(2)10-23-9-17(21)22-18/h3-8H,9-10H2,1-2H3,(H2,21,22). The van der Waals surface area contributed by atoms with Crippen molar-refractivity contribution in [2.75, 3.05) is 13.2 Å². The van der Waals surface area contributed by atoms with Gasteiger partial charge in [0.2, 0.25) is 0 Å². The highest BCUT2D eigenvalue weighted by Crippen LogP contribution is 2.34. The molecule has 23 heavy (non-hydrogen) atoms. The highest BCUT2D eigenvalue weighted by molar-refractivity contribution is 6.31. The fourth-order valence-electron chi connectivity index (χ4n) is 2.86. The molecule has 1 unspecified atom stereocenters. The maximum absolute atomic E-state index is 14.4. The number of ether oxygens (including phenoxy) is 1. The van der Waals surface area contributed by atoms with Crippen LogP contribution in [0.1, 0.15) is 18.1 Å². The first-order chi connectivity index (χ1) is 10.9. The van der Waals surface area contributed by atoms with Crippen LogP contribution >= 0.6 is 11.6 Å². The van der Waals surface area contributed by atoms with Crippen LogP contribution in [-0.4, -0.2) is 19.0 Å².